The van der Waals surface area contributed by atoms with Gasteiger partial charge >= 0.3 is 5.97 Å². The topological polar surface area (TPSA) is 122 Å². The zero-order chi connectivity index (χ0) is 22.9. The molecule has 5 rings (SSSR count). The van der Waals surface area contributed by atoms with Crippen LogP contribution in [0.15, 0.2) is 87.7 Å². The summed E-state index contributed by atoms with van der Waals surface area (Å²) in [7, 11) is 0. The lowest BCUT2D eigenvalue weighted by Gasteiger charge is -2.12. The summed E-state index contributed by atoms with van der Waals surface area (Å²) in [6.45, 7) is 0. The first-order valence-electron chi connectivity index (χ1n) is 9.95. The van der Waals surface area contributed by atoms with Gasteiger partial charge in [-0.25, -0.2) is 4.79 Å². The first-order chi connectivity index (χ1) is 16.0. The number of benzene rings is 3. The van der Waals surface area contributed by atoms with Gasteiger partial charge in [0.2, 0.25) is 0 Å². The van der Waals surface area contributed by atoms with E-state index in [4.69, 9.17) is 8.83 Å². The number of carboxylic acids is 1. The third-order valence-corrected chi connectivity index (χ3v) is 5.06. The van der Waals surface area contributed by atoms with Gasteiger partial charge in [0.15, 0.2) is 11.5 Å². The van der Waals surface area contributed by atoms with Crippen molar-refractivity contribution in [2.75, 3.05) is 10.6 Å². The summed E-state index contributed by atoms with van der Waals surface area (Å²) < 4.78 is 11.2. The maximum Gasteiger partial charge on any atom is 0.335 e. The van der Waals surface area contributed by atoms with E-state index in [1.807, 2.05) is 18.2 Å². The molecule has 2 heterocycles. The number of fused-ring (bicyclic) bond motifs is 2. The van der Waals surface area contributed by atoms with Crippen LogP contribution in [0.1, 0.15) is 31.5 Å². The fraction of sp³-hybridized carbons (Fsp3) is 0. The van der Waals surface area contributed by atoms with Crippen molar-refractivity contribution in [1.82, 2.24) is 0 Å². The van der Waals surface area contributed by atoms with Gasteiger partial charge < -0.3 is 24.6 Å². The van der Waals surface area contributed by atoms with Crippen LogP contribution in [0.4, 0.5) is 11.4 Å². The molecule has 3 N–H and O–H groups in total. The molecule has 0 saturated carbocycles. The van der Waals surface area contributed by atoms with Gasteiger partial charge in [0.05, 0.1) is 16.9 Å². The Labute approximate surface area is 186 Å². The highest BCUT2D eigenvalue weighted by Crippen LogP contribution is 2.27. The third kappa shape index (κ3) is 3.92. The maximum absolute atomic E-state index is 12.8. The first kappa shape index (κ1) is 20.1. The van der Waals surface area contributed by atoms with Crippen molar-refractivity contribution in [1.29, 1.82) is 0 Å². The fourth-order valence-corrected chi connectivity index (χ4v) is 3.45. The summed E-state index contributed by atoms with van der Waals surface area (Å²) in [6, 6.07) is 21.5. The number of nitrogens with one attached hydrogen (secondary N) is 2. The van der Waals surface area contributed by atoms with Crippen LogP contribution in [0, 0.1) is 0 Å². The Hall–Kier alpha value is -4.85. The van der Waals surface area contributed by atoms with Crippen LogP contribution in [0.25, 0.3) is 21.9 Å². The Kier molecular flexibility index (Phi) is 4.87. The minimum absolute atomic E-state index is 0.0477. The highest BCUT2D eigenvalue weighted by Gasteiger charge is 2.19. The number of hydrogen-bond acceptors (Lipinski definition) is 5. The molecule has 2 amide bonds. The molecule has 8 heteroatoms. The van der Waals surface area contributed by atoms with E-state index in [9.17, 15) is 19.5 Å². The zero-order valence-corrected chi connectivity index (χ0v) is 17.0. The molecule has 2 aromatic heterocycles. The van der Waals surface area contributed by atoms with Crippen LogP contribution in [-0.2, 0) is 0 Å². The zero-order valence-electron chi connectivity index (χ0n) is 17.0. The summed E-state index contributed by atoms with van der Waals surface area (Å²) >= 11 is 0. The van der Waals surface area contributed by atoms with E-state index in [0.29, 0.717) is 11.2 Å². The summed E-state index contributed by atoms with van der Waals surface area (Å²) in [5, 5.41) is 16.2. The molecule has 162 valence electrons. The molecular formula is C25H16N2O6. The van der Waals surface area contributed by atoms with Crippen LogP contribution >= 0.6 is 0 Å². The van der Waals surface area contributed by atoms with Gasteiger partial charge in [-0.15, -0.1) is 0 Å². The SMILES string of the molecule is O=C(O)c1ccc(NC(=O)c2cc3ccccc3o2)c(NC(=O)c2cc3ccccc3o2)c1. The number of furan rings is 2. The van der Waals surface area contributed by atoms with Gasteiger partial charge in [-0.3, -0.25) is 9.59 Å². The van der Waals surface area contributed by atoms with Crippen molar-refractivity contribution >= 4 is 51.1 Å². The van der Waals surface area contributed by atoms with Crippen molar-refractivity contribution in [3.8, 4) is 0 Å². The van der Waals surface area contributed by atoms with Crippen LogP contribution in [0.5, 0.6) is 0 Å². The van der Waals surface area contributed by atoms with Crippen LogP contribution in [0.3, 0.4) is 0 Å². The third-order valence-electron chi connectivity index (χ3n) is 5.06. The van der Waals surface area contributed by atoms with E-state index in [0.717, 1.165) is 10.8 Å². The number of carboxylic acid groups (broad SMARTS) is 1. The quantitative estimate of drug-likeness (QED) is 0.337. The molecule has 8 nitrogen and oxygen atoms in total. The minimum Gasteiger partial charge on any atom is -0.478 e. The molecule has 33 heavy (non-hydrogen) atoms. The number of aromatic carboxylic acids is 1. The predicted molar refractivity (Wildman–Crippen MR) is 122 cm³/mol. The smallest absolute Gasteiger partial charge is 0.335 e. The van der Waals surface area contributed by atoms with E-state index < -0.39 is 17.8 Å². The Morgan fingerprint density at radius 3 is 1.67 bits per heavy atom. The number of carbonyl (C=O) groups excluding carboxylic acids is 2. The lowest BCUT2D eigenvalue weighted by Crippen LogP contribution is -2.17. The largest absolute Gasteiger partial charge is 0.478 e. The molecular weight excluding hydrogens is 424 g/mol. The average Bonchev–Trinajstić information content (AvgIpc) is 3.44. The van der Waals surface area contributed by atoms with E-state index in [-0.39, 0.29) is 28.5 Å². The molecule has 0 saturated heterocycles. The van der Waals surface area contributed by atoms with Gasteiger partial charge in [0.25, 0.3) is 11.8 Å². The van der Waals surface area contributed by atoms with E-state index >= 15 is 0 Å². The number of carbonyl (C=O) groups is 3. The van der Waals surface area contributed by atoms with Crippen molar-refractivity contribution in [3.05, 3.63) is 95.9 Å². The summed E-state index contributed by atoms with van der Waals surface area (Å²) in [4.78, 5) is 37.0. The number of rotatable bonds is 5. The number of amides is 2. The number of para-hydroxylation sites is 2. The summed E-state index contributed by atoms with van der Waals surface area (Å²) in [6.07, 6.45) is 0. The second kappa shape index (κ2) is 8.01. The maximum atomic E-state index is 12.8. The molecule has 0 unspecified atom stereocenters. The monoisotopic (exact) mass is 440 g/mol. The Bertz CT molecular complexity index is 1480. The van der Waals surface area contributed by atoms with Gasteiger partial charge in [-0.05, 0) is 42.5 Å². The van der Waals surface area contributed by atoms with Gasteiger partial charge in [0.1, 0.15) is 11.2 Å². The molecule has 5 aromatic rings. The number of anilines is 2. The van der Waals surface area contributed by atoms with Gasteiger partial charge in [0, 0.05) is 10.8 Å². The van der Waals surface area contributed by atoms with Crippen LogP contribution in [0.2, 0.25) is 0 Å². The lowest BCUT2D eigenvalue weighted by atomic mass is 10.1. The molecule has 0 aliphatic rings. The molecule has 0 spiro atoms. The average molecular weight is 440 g/mol. The molecule has 0 aliphatic carbocycles. The molecule has 0 aliphatic heterocycles. The van der Waals surface area contributed by atoms with E-state index in [2.05, 4.69) is 10.6 Å². The van der Waals surface area contributed by atoms with Crippen LogP contribution in [-0.4, -0.2) is 22.9 Å². The van der Waals surface area contributed by atoms with Crippen molar-refractivity contribution in [2.24, 2.45) is 0 Å². The second-order valence-corrected chi connectivity index (χ2v) is 7.27. The Balaban J connectivity index is 1.45. The molecule has 3 aromatic carbocycles. The van der Waals surface area contributed by atoms with E-state index in [1.54, 1.807) is 42.5 Å². The summed E-state index contributed by atoms with van der Waals surface area (Å²) in [5.74, 6) is -2.19. The number of hydrogen-bond donors (Lipinski definition) is 3. The Morgan fingerprint density at radius 2 is 1.15 bits per heavy atom. The minimum atomic E-state index is -1.18. The van der Waals surface area contributed by atoms with Crippen molar-refractivity contribution < 1.29 is 28.3 Å². The van der Waals surface area contributed by atoms with Crippen molar-refractivity contribution in [2.45, 2.75) is 0 Å². The first-order valence-corrected chi connectivity index (χ1v) is 9.95. The highest BCUT2D eigenvalue weighted by atomic mass is 16.4. The molecule has 0 radical (unpaired) electrons. The highest BCUT2D eigenvalue weighted by molar-refractivity contribution is 6.10. The van der Waals surface area contributed by atoms with Gasteiger partial charge in [-0.1, -0.05) is 36.4 Å². The van der Waals surface area contributed by atoms with Crippen molar-refractivity contribution in [3.63, 3.8) is 0 Å². The summed E-state index contributed by atoms with van der Waals surface area (Å²) in [5.41, 5.74) is 1.35. The molecule has 0 fully saturated rings. The molecule has 0 bridgehead atoms. The normalized spacial score (nSPS) is 10.9. The molecule has 0 atom stereocenters. The lowest BCUT2D eigenvalue weighted by molar-refractivity contribution is 0.0696. The Morgan fingerprint density at radius 1 is 0.636 bits per heavy atom. The van der Waals surface area contributed by atoms with Crippen LogP contribution < -0.4 is 10.6 Å². The standard InChI is InChI=1S/C25H16N2O6/c28-23(21-12-14-5-1-3-7-19(14)32-21)26-17-10-9-16(25(30)31)11-18(17)27-24(29)22-13-15-6-2-4-8-20(15)33-22/h1-13H,(H,26,28)(H,27,29)(H,30,31). The predicted octanol–water partition coefficient (Wildman–Crippen LogP) is 5.38. The fourth-order valence-electron chi connectivity index (χ4n) is 3.45. The second-order valence-electron chi connectivity index (χ2n) is 7.27. The van der Waals surface area contributed by atoms with Gasteiger partial charge in [-0.2, -0.15) is 0 Å². The van der Waals surface area contributed by atoms with E-state index in [1.165, 1.54) is 18.2 Å².